The summed E-state index contributed by atoms with van der Waals surface area (Å²) in [6.45, 7) is 12.3. The lowest BCUT2D eigenvalue weighted by Crippen LogP contribution is -2.30. The summed E-state index contributed by atoms with van der Waals surface area (Å²) >= 11 is 0. The van der Waals surface area contributed by atoms with E-state index >= 15 is 0 Å². The number of likely N-dealkylation sites (tertiary alicyclic amines) is 1. The molecule has 0 unspecified atom stereocenters. The van der Waals surface area contributed by atoms with Crippen molar-refractivity contribution in [3.05, 3.63) is 23.9 Å². The van der Waals surface area contributed by atoms with Crippen LogP contribution in [-0.2, 0) is 0 Å². The van der Waals surface area contributed by atoms with Gasteiger partial charge in [0.2, 0.25) is 0 Å². The highest BCUT2D eigenvalue weighted by Crippen LogP contribution is 2.29. The van der Waals surface area contributed by atoms with Crippen molar-refractivity contribution < 1.29 is 4.79 Å². The topological polar surface area (TPSA) is 45.2 Å². The minimum absolute atomic E-state index is 0.0303. The van der Waals surface area contributed by atoms with Gasteiger partial charge in [0.05, 0.1) is 5.56 Å². The molecule has 0 bridgehead atoms. The molecule has 1 N–H and O–H groups in total. The van der Waals surface area contributed by atoms with Crippen molar-refractivity contribution in [3.8, 4) is 0 Å². The molecule has 2 rings (SSSR count). The van der Waals surface area contributed by atoms with Gasteiger partial charge in [-0.15, -0.1) is 0 Å². The number of amides is 1. The lowest BCUT2D eigenvalue weighted by atomic mass is 9.93. The van der Waals surface area contributed by atoms with Crippen molar-refractivity contribution in [3.63, 3.8) is 0 Å². The van der Waals surface area contributed by atoms with Gasteiger partial charge in [-0.05, 0) is 44.7 Å². The lowest BCUT2D eigenvalue weighted by molar-refractivity contribution is 0.0778. The molecule has 1 aromatic heterocycles. The first-order chi connectivity index (χ1) is 9.16. The van der Waals surface area contributed by atoms with E-state index in [4.69, 9.17) is 0 Å². The van der Waals surface area contributed by atoms with Gasteiger partial charge in [0, 0.05) is 24.8 Å². The van der Waals surface area contributed by atoms with Crippen LogP contribution in [0, 0.1) is 5.41 Å². The second-order valence-electron chi connectivity index (χ2n) is 7.45. The number of anilines is 1. The zero-order valence-corrected chi connectivity index (χ0v) is 13.2. The highest BCUT2D eigenvalue weighted by Gasteiger charge is 2.32. The van der Waals surface area contributed by atoms with Crippen LogP contribution >= 0.6 is 0 Å². The summed E-state index contributed by atoms with van der Waals surface area (Å²) in [5.41, 5.74) is 0.871. The van der Waals surface area contributed by atoms with Crippen LogP contribution in [0.2, 0.25) is 0 Å². The van der Waals surface area contributed by atoms with E-state index in [0.717, 1.165) is 25.3 Å². The zero-order valence-electron chi connectivity index (χ0n) is 13.2. The number of nitrogens with zero attached hydrogens (tertiary/aromatic N) is 2. The average Bonchev–Trinajstić information content (AvgIpc) is 2.68. The van der Waals surface area contributed by atoms with Crippen molar-refractivity contribution >= 4 is 11.7 Å². The highest BCUT2D eigenvalue weighted by atomic mass is 16.2. The van der Waals surface area contributed by atoms with Gasteiger partial charge in [-0.2, -0.15) is 0 Å². The second-order valence-corrected chi connectivity index (χ2v) is 7.45. The third-order valence-corrected chi connectivity index (χ3v) is 3.48. The van der Waals surface area contributed by atoms with Crippen LogP contribution in [-0.4, -0.2) is 34.4 Å². The summed E-state index contributed by atoms with van der Waals surface area (Å²) in [5.74, 6) is 0.890. The molecule has 0 saturated carbocycles. The van der Waals surface area contributed by atoms with Crippen LogP contribution < -0.4 is 5.32 Å². The van der Waals surface area contributed by atoms with Crippen molar-refractivity contribution in [2.45, 2.75) is 46.6 Å². The smallest absolute Gasteiger partial charge is 0.255 e. The fourth-order valence-corrected chi connectivity index (χ4v) is 2.45. The van der Waals surface area contributed by atoms with E-state index in [2.05, 4.69) is 44.9 Å². The van der Waals surface area contributed by atoms with Crippen molar-refractivity contribution in [1.29, 1.82) is 0 Å². The molecule has 20 heavy (non-hydrogen) atoms. The van der Waals surface area contributed by atoms with Gasteiger partial charge < -0.3 is 10.2 Å². The Balaban J connectivity index is 2.05. The van der Waals surface area contributed by atoms with E-state index in [-0.39, 0.29) is 16.9 Å². The van der Waals surface area contributed by atoms with E-state index in [1.165, 1.54) is 0 Å². The van der Waals surface area contributed by atoms with E-state index in [0.29, 0.717) is 5.56 Å². The number of carbonyl (C=O) groups excluding carboxylic acids is 1. The Morgan fingerprint density at radius 3 is 2.50 bits per heavy atom. The molecule has 4 nitrogen and oxygen atoms in total. The maximum Gasteiger partial charge on any atom is 0.255 e. The summed E-state index contributed by atoms with van der Waals surface area (Å²) in [6, 6.07) is 3.73. The summed E-state index contributed by atoms with van der Waals surface area (Å²) < 4.78 is 0. The zero-order chi connectivity index (χ0) is 15.0. The number of carbonyl (C=O) groups is 1. The fraction of sp³-hybridized carbons (Fsp3) is 0.625. The van der Waals surface area contributed by atoms with Crippen LogP contribution in [0.3, 0.4) is 0 Å². The average molecular weight is 275 g/mol. The fourth-order valence-electron chi connectivity index (χ4n) is 2.45. The molecule has 1 aliphatic heterocycles. The molecule has 0 radical (unpaired) electrons. The van der Waals surface area contributed by atoms with Crippen molar-refractivity contribution in [2.24, 2.45) is 5.41 Å². The van der Waals surface area contributed by atoms with Gasteiger partial charge in [-0.1, -0.05) is 13.8 Å². The van der Waals surface area contributed by atoms with Crippen molar-refractivity contribution in [1.82, 2.24) is 9.88 Å². The Labute approximate surface area is 121 Å². The predicted octanol–water partition coefficient (Wildman–Crippen LogP) is 3.16. The van der Waals surface area contributed by atoms with Gasteiger partial charge in [0.1, 0.15) is 5.82 Å². The molecule has 2 heterocycles. The summed E-state index contributed by atoms with van der Waals surface area (Å²) in [7, 11) is 0. The van der Waals surface area contributed by atoms with Crippen LogP contribution in [0.1, 0.15) is 51.4 Å². The summed E-state index contributed by atoms with van der Waals surface area (Å²) in [5, 5.41) is 3.29. The van der Waals surface area contributed by atoms with Crippen LogP contribution in [0.15, 0.2) is 18.3 Å². The lowest BCUT2D eigenvalue weighted by Gasteiger charge is -2.22. The first-order valence-electron chi connectivity index (χ1n) is 7.20. The summed E-state index contributed by atoms with van der Waals surface area (Å²) in [4.78, 5) is 18.7. The molecular formula is C16H25N3O. The maximum absolute atomic E-state index is 12.4. The minimum Gasteiger partial charge on any atom is -0.365 e. The predicted molar refractivity (Wildman–Crippen MR) is 81.9 cm³/mol. The molecule has 110 valence electrons. The van der Waals surface area contributed by atoms with Crippen LogP contribution in [0.5, 0.6) is 0 Å². The monoisotopic (exact) mass is 275 g/mol. The third kappa shape index (κ3) is 3.71. The minimum atomic E-state index is -0.0303. The van der Waals surface area contributed by atoms with Gasteiger partial charge in [0.25, 0.3) is 5.91 Å². The number of pyridine rings is 1. The Bertz CT molecular complexity index is 485. The highest BCUT2D eigenvalue weighted by molar-refractivity contribution is 5.94. The molecule has 1 amide bonds. The first-order valence-corrected chi connectivity index (χ1v) is 7.20. The molecule has 0 aliphatic carbocycles. The molecule has 0 spiro atoms. The van der Waals surface area contributed by atoms with E-state index in [1.807, 2.05) is 17.0 Å². The number of hydrogen-bond acceptors (Lipinski definition) is 3. The molecular weight excluding hydrogens is 250 g/mol. The van der Waals surface area contributed by atoms with Gasteiger partial charge in [-0.25, -0.2) is 4.98 Å². The standard InChI is InChI=1S/C16H25N3O/c1-15(2,3)18-13-7-6-12(10-17-13)14(20)19-9-8-16(4,5)11-19/h6-7,10H,8-9,11H2,1-5H3,(H,17,18). The summed E-state index contributed by atoms with van der Waals surface area (Å²) in [6.07, 6.45) is 2.73. The van der Waals surface area contributed by atoms with Crippen LogP contribution in [0.4, 0.5) is 5.82 Å². The SMILES string of the molecule is CC1(C)CCN(C(=O)c2ccc(NC(C)(C)C)nc2)C1. The van der Waals surface area contributed by atoms with E-state index < -0.39 is 0 Å². The van der Waals surface area contributed by atoms with Crippen LogP contribution in [0.25, 0.3) is 0 Å². The number of aromatic nitrogens is 1. The van der Waals surface area contributed by atoms with Gasteiger partial charge in [0.15, 0.2) is 0 Å². The maximum atomic E-state index is 12.4. The van der Waals surface area contributed by atoms with Gasteiger partial charge in [-0.3, -0.25) is 4.79 Å². The third-order valence-electron chi connectivity index (χ3n) is 3.48. The molecule has 1 aromatic rings. The Morgan fingerprint density at radius 1 is 1.35 bits per heavy atom. The molecule has 1 saturated heterocycles. The first kappa shape index (κ1) is 14.8. The van der Waals surface area contributed by atoms with Crippen molar-refractivity contribution in [2.75, 3.05) is 18.4 Å². The van der Waals surface area contributed by atoms with Gasteiger partial charge >= 0.3 is 0 Å². The molecule has 4 heteroatoms. The molecule has 1 aliphatic rings. The Kier molecular flexibility index (Phi) is 3.76. The van der Waals surface area contributed by atoms with E-state index in [9.17, 15) is 4.79 Å². The number of hydrogen-bond donors (Lipinski definition) is 1. The quantitative estimate of drug-likeness (QED) is 0.901. The molecule has 1 fully saturated rings. The second kappa shape index (κ2) is 5.08. The normalized spacial score (nSPS) is 18.1. The largest absolute Gasteiger partial charge is 0.365 e. The Hall–Kier alpha value is -1.58. The number of rotatable bonds is 2. The molecule has 0 atom stereocenters. The Morgan fingerprint density at radius 2 is 2.05 bits per heavy atom. The van der Waals surface area contributed by atoms with E-state index in [1.54, 1.807) is 6.20 Å². The number of nitrogens with one attached hydrogen (secondary N) is 1. The molecule has 0 aromatic carbocycles.